The molecule has 6 rings (SSSR count). The van der Waals surface area contributed by atoms with Gasteiger partial charge in [-0.05, 0) is 43.7 Å². The van der Waals surface area contributed by atoms with Crippen molar-refractivity contribution >= 4 is 40.5 Å². The highest BCUT2D eigenvalue weighted by atomic mass is 16.5. The molecule has 1 N–H and O–H groups in total. The fraction of sp³-hybridized carbons (Fsp3) is 0.538. The van der Waals surface area contributed by atoms with E-state index in [0.717, 1.165) is 70.2 Å². The number of carbonyl (C=O) groups is 1. The summed E-state index contributed by atoms with van der Waals surface area (Å²) < 4.78 is 11.5. The molecule has 0 radical (unpaired) electrons. The maximum atomic E-state index is 13.4. The summed E-state index contributed by atoms with van der Waals surface area (Å²) in [6.45, 7) is 8.73. The minimum absolute atomic E-state index is 0.253. The van der Waals surface area contributed by atoms with E-state index in [1.807, 2.05) is 18.2 Å². The van der Waals surface area contributed by atoms with Crippen molar-refractivity contribution in [2.45, 2.75) is 32.6 Å². The van der Waals surface area contributed by atoms with Gasteiger partial charge in [-0.25, -0.2) is 9.97 Å². The topological polar surface area (TPSA) is 99.9 Å². The second-order valence-corrected chi connectivity index (χ2v) is 10.00. The standard InChI is InChI=1S/C26H33N7O3/c1-18-8-11-33(17-18)22-7-5-6-19(27-22)25(34)28-20-16-21-23(29-24(20)31-9-3-2-4-10-31)30-26(36-21)32-12-14-35-15-13-32/h5-7,16,18H,2-4,8-15,17H2,1H3,(H,28,34)/t18-/m0/s1. The average Bonchev–Trinajstić information content (AvgIpc) is 3.55. The van der Waals surface area contributed by atoms with E-state index in [2.05, 4.69) is 36.9 Å². The van der Waals surface area contributed by atoms with Crippen LogP contribution in [0, 0.1) is 5.92 Å². The predicted octanol–water partition coefficient (Wildman–Crippen LogP) is 3.54. The number of morpholine rings is 1. The van der Waals surface area contributed by atoms with E-state index in [9.17, 15) is 4.79 Å². The summed E-state index contributed by atoms with van der Waals surface area (Å²) in [4.78, 5) is 34.1. The molecule has 3 fully saturated rings. The van der Waals surface area contributed by atoms with Crippen LogP contribution in [-0.4, -0.2) is 73.3 Å². The summed E-state index contributed by atoms with van der Waals surface area (Å²) in [6, 6.07) is 8.04. The van der Waals surface area contributed by atoms with E-state index in [-0.39, 0.29) is 5.91 Å². The molecule has 0 saturated carbocycles. The number of hydrogen-bond donors (Lipinski definition) is 1. The Bertz CT molecular complexity index is 1230. The molecule has 1 amide bonds. The molecule has 3 aromatic heterocycles. The summed E-state index contributed by atoms with van der Waals surface area (Å²) >= 11 is 0. The zero-order valence-corrected chi connectivity index (χ0v) is 20.8. The van der Waals surface area contributed by atoms with Gasteiger partial charge in [0.1, 0.15) is 11.5 Å². The molecule has 6 heterocycles. The van der Waals surface area contributed by atoms with Gasteiger partial charge in [0.2, 0.25) is 5.65 Å². The lowest BCUT2D eigenvalue weighted by molar-refractivity contribution is 0.102. The first-order chi connectivity index (χ1) is 17.6. The molecule has 3 aromatic rings. The van der Waals surface area contributed by atoms with Gasteiger partial charge in [-0.2, -0.15) is 4.98 Å². The Balaban J connectivity index is 1.30. The van der Waals surface area contributed by atoms with E-state index >= 15 is 0 Å². The highest BCUT2D eigenvalue weighted by molar-refractivity contribution is 6.05. The van der Waals surface area contributed by atoms with Crippen molar-refractivity contribution in [2.75, 3.05) is 72.5 Å². The Morgan fingerprint density at radius 1 is 0.972 bits per heavy atom. The maximum absolute atomic E-state index is 13.4. The third-order valence-corrected chi connectivity index (χ3v) is 7.25. The quantitative estimate of drug-likeness (QED) is 0.574. The molecule has 36 heavy (non-hydrogen) atoms. The summed E-state index contributed by atoms with van der Waals surface area (Å²) in [6.07, 6.45) is 4.55. The number of nitrogens with one attached hydrogen (secondary N) is 1. The zero-order chi connectivity index (χ0) is 24.5. The van der Waals surface area contributed by atoms with Gasteiger partial charge in [0, 0.05) is 45.3 Å². The number of oxazole rings is 1. The largest absolute Gasteiger partial charge is 0.422 e. The van der Waals surface area contributed by atoms with E-state index in [4.69, 9.17) is 14.1 Å². The second-order valence-electron chi connectivity index (χ2n) is 10.00. The van der Waals surface area contributed by atoms with Crippen LogP contribution in [0.1, 0.15) is 43.1 Å². The summed E-state index contributed by atoms with van der Waals surface area (Å²) in [7, 11) is 0. The van der Waals surface area contributed by atoms with Crippen molar-refractivity contribution in [3.05, 3.63) is 30.0 Å². The average molecular weight is 492 g/mol. The van der Waals surface area contributed by atoms with Gasteiger partial charge in [-0.1, -0.05) is 13.0 Å². The van der Waals surface area contributed by atoms with Crippen LogP contribution in [0.25, 0.3) is 11.2 Å². The van der Waals surface area contributed by atoms with Crippen molar-refractivity contribution < 1.29 is 13.9 Å². The Morgan fingerprint density at radius 3 is 2.58 bits per heavy atom. The first-order valence-corrected chi connectivity index (χ1v) is 13.1. The number of hydrogen-bond acceptors (Lipinski definition) is 9. The van der Waals surface area contributed by atoms with Crippen LogP contribution in [0.3, 0.4) is 0 Å². The third kappa shape index (κ3) is 4.69. The molecule has 3 aliphatic heterocycles. The summed E-state index contributed by atoms with van der Waals surface area (Å²) in [5, 5.41) is 3.09. The molecule has 0 bridgehead atoms. The molecule has 0 unspecified atom stereocenters. The Hall–Kier alpha value is -3.40. The number of anilines is 4. The van der Waals surface area contributed by atoms with Gasteiger partial charge in [0.05, 0.1) is 18.9 Å². The Kier molecular flexibility index (Phi) is 6.35. The van der Waals surface area contributed by atoms with Crippen molar-refractivity contribution in [2.24, 2.45) is 5.92 Å². The van der Waals surface area contributed by atoms with E-state index in [1.54, 1.807) is 6.07 Å². The van der Waals surface area contributed by atoms with Crippen LogP contribution >= 0.6 is 0 Å². The second kappa shape index (κ2) is 9.93. The number of fused-ring (bicyclic) bond motifs is 1. The maximum Gasteiger partial charge on any atom is 0.300 e. The fourth-order valence-electron chi connectivity index (χ4n) is 5.23. The van der Waals surface area contributed by atoms with E-state index in [0.29, 0.717) is 47.8 Å². The smallest absolute Gasteiger partial charge is 0.300 e. The predicted molar refractivity (Wildman–Crippen MR) is 139 cm³/mol. The van der Waals surface area contributed by atoms with Crippen LogP contribution in [0.5, 0.6) is 0 Å². The van der Waals surface area contributed by atoms with Crippen molar-refractivity contribution in [1.82, 2.24) is 15.0 Å². The van der Waals surface area contributed by atoms with Gasteiger partial charge in [-0.3, -0.25) is 4.79 Å². The van der Waals surface area contributed by atoms with Crippen LogP contribution < -0.4 is 20.0 Å². The van der Waals surface area contributed by atoms with Crippen LogP contribution in [0.4, 0.5) is 23.3 Å². The number of rotatable bonds is 5. The van der Waals surface area contributed by atoms with Gasteiger partial charge in [0.25, 0.3) is 11.9 Å². The molecule has 0 aromatic carbocycles. The highest BCUT2D eigenvalue weighted by Crippen LogP contribution is 2.33. The molecular weight excluding hydrogens is 458 g/mol. The number of amides is 1. The Labute approximate surface area is 210 Å². The van der Waals surface area contributed by atoms with Crippen molar-refractivity contribution in [3.8, 4) is 0 Å². The SMILES string of the molecule is C[C@H]1CCN(c2cccc(C(=O)Nc3cc4oc(N5CCOCC5)nc4nc3N3CCCCC3)n2)C1. The fourth-order valence-corrected chi connectivity index (χ4v) is 5.23. The number of aromatic nitrogens is 3. The molecule has 10 nitrogen and oxygen atoms in total. The van der Waals surface area contributed by atoms with E-state index < -0.39 is 0 Å². The number of nitrogens with zero attached hydrogens (tertiary/aromatic N) is 6. The Morgan fingerprint density at radius 2 is 1.81 bits per heavy atom. The van der Waals surface area contributed by atoms with Gasteiger partial charge in [0.15, 0.2) is 11.4 Å². The number of pyridine rings is 2. The lowest BCUT2D eigenvalue weighted by Gasteiger charge is -2.29. The lowest BCUT2D eigenvalue weighted by atomic mass is 10.1. The minimum atomic E-state index is -0.253. The molecule has 190 valence electrons. The lowest BCUT2D eigenvalue weighted by Crippen LogP contribution is -2.36. The first-order valence-electron chi connectivity index (χ1n) is 13.1. The highest BCUT2D eigenvalue weighted by Gasteiger charge is 2.25. The van der Waals surface area contributed by atoms with Crippen molar-refractivity contribution in [3.63, 3.8) is 0 Å². The van der Waals surface area contributed by atoms with Gasteiger partial charge in [-0.15, -0.1) is 0 Å². The minimum Gasteiger partial charge on any atom is -0.422 e. The third-order valence-electron chi connectivity index (χ3n) is 7.25. The molecule has 3 aliphatic rings. The molecule has 10 heteroatoms. The molecule has 1 atom stereocenters. The van der Waals surface area contributed by atoms with Gasteiger partial charge >= 0.3 is 0 Å². The van der Waals surface area contributed by atoms with Crippen LogP contribution in [0.2, 0.25) is 0 Å². The van der Waals surface area contributed by atoms with Crippen molar-refractivity contribution in [1.29, 1.82) is 0 Å². The summed E-state index contributed by atoms with van der Waals surface area (Å²) in [5.74, 6) is 1.97. The molecular formula is C26H33N7O3. The zero-order valence-electron chi connectivity index (χ0n) is 20.8. The molecule has 3 saturated heterocycles. The first kappa shape index (κ1) is 23.0. The van der Waals surface area contributed by atoms with Crippen LogP contribution in [-0.2, 0) is 4.74 Å². The number of carbonyl (C=O) groups excluding carboxylic acids is 1. The normalized spacial score (nSPS) is 20.8. The molecule has 0 spiro atoms. The number of piperidine rings is 1. The number of ether oxygens (including phenoxy) is 1. The summed E-state index contributed by atoms with van der Waals surface area (Å²) in [5.41, 5.74) is 2.13. The van der Waals surface area contributed by atoms with Gasteiger partial charge < -0.3 is 29.2 Å². The van der Waals surface area contributed by atoms with E-state index in [1.165, 1.54) is 6.42 Å². The van der Waals surface area contributed by atoms with Crippen LogP contribution in [0.15, 0.2) is 28.7 Å². The monoisotopic (exact) mass is 491 g/mol. The molecule has 0 aliphatic carbocycles.